The zero-order chi connectivity index (χ0) is 13.8. The third-order valence-corrected chi connectivity index (χ3v) is 4.21. The molecule has 1 aromatic rings. The molecule has 4 nitrogen and oxygen atoms in total. The van der Waals surface area contributed by atoms with Gasteiger partial charge in [-0.1, -0.05) is 20.3 Å². The van der Waals surface area contributed by atoms with Crippen LogP contribution in [0.25, 0.3) is 0 Å². The lowest BCUT2D eigenvalue weighted by atomic mass is 10.0. The Hall–Kier alpha value is -1.36. The number of amides is 2. The van der Waals surface area contributed by atoms with E-state index in [4.69, 9.17) is 0 Å². The maximum absolute atomic E-state index is 12.4. The van der Waals surface area contributed by atoms with Crippen LogP contribution >= 0.6 is 11.3 Å². The number of carbonyl (C=O) groups is 2. The van der Waals surface area contributed by atoms with Gasteiger partial charge in [-0.15, -0.1) is 0 Å². The summed E-state index contributed by atoms with van der Waals surface area (Å²) in [5.41, 5.74) is 1.10. The summed E-state index contributed by atoms with van der Waals surface area (Å²) < 4.78 is 0. The predicted octanol–water partition coefficient (Wildman–Crippen LogP) is 2.15. The molecule has 1 aliphatic rings. The number of rotatable bonds is 5. The maximum atomic E-state index is 12.4. The number of thiophene rings is 1. The molecule has 104 valence electrons. The van der Waals surface area contributed by atoms with E-state index in [1.807, 2.05) is 30.7 Å². The first kappa shape index (κ1) is 14.1. The van der Waals surface area contributed by atoms with Crippen LogP contribution in [0.3, 0.4) is 0 Å². The molecule has 2 heterocycles. The lowest BCUT2D eigenvalue weighted by Gasteiger charge is -2.38. The zero-order valence-corrected chi connectivity index (χ0v) is 12.2. The Balaban J connectivity index is 2.20. The van der Waals surface area contributed by atoms with Crippen molar-refractivity contribution in [2.24, 2.45) is 0 Å². The van der Waals surface area contributed by atoms with E-state index >= 15 is 0 Å². The largest absolute Gasteiger partial charge is 0.343 e. The van der Waals surface area contributed by atoms with E-state index < -0.39 is 0 Å². The van der Waals surface area contributed by atoms with Crippen LogP contribution in [0.15, 0.2) is 16.8 Å². The molecule has 2 rings (SSSR count). The summed E-state index contributed by atoms with van der Waals surface area (Å²) in [7, 11) is 0. The molecule has 1 fully saturated rings. The van der Waals surface area contributed by atoms with E-state index in [-0.39, 0.29) is 23.9 Å². The van der Waals surface area contributed by atoms with Crippen molar-refractivity contribution in [2.75, 3.05) is 0 Å². The Labute approximate surface area is 117 Å². The molecule has 2 unspecified atom stereocenters. The van der Waals surface area contributed by atoms with Crippen molar-refractivity contribution in [3.05, 3.63) is 22.4 Å². The Morgan fingerprint density at radius 1 is 1.37 bits per heavy atom. The van der Waals surface area contributed by atoms with Gasteiger partial charge in [0.1, 0.15) is 12.1 Å². The van der Waals surface area contributed by atoms with Crippen LogP contribution in [0.4, 0.5) is 0 Å². The minimum atomic E-state index is -0.362. The normalized spacial score (nSPS) is 23.6. The van der Waals surface area contributed by atoms with Gasteiger partial charge in [-0.25, -0.2) is 0 Å². The standard InChI is InChI=1S/C14H20N2O2S/c1-3-5-12-13(17)15-11(4-2)14(18)16(12)8-10-6-7-19-9-10/h6-7,9,11-12H,3-5,8H2,1-2H3,(H,15,17). The van der Waals surface area contributed by atoms with Crippen molar-refractivity contribution in [2.45, 2.75) is 51.7 Å². The average molecular weight is 280 g/mol. The molecular weight excluding hydrogens is 260 g/mol. The van der Waals surface area contributed by atoms with Gasteiger partial charge in [0.05, 0.1) is 0 Å². The molecule has 1 saturated heterocycles. The van der Waals surface area contributed by atoms with Gasteiger partial charge in [0.15, 0.2) is 0 Å². The van der Waals surface area contributed by atoms with Gasteiger partial charge in [-0.2, -0.15) is 11.3 Å². The fourth-order valence-corrected chi connectivity index (χ4v) is 3.09. The minimum Gasteiger partial charge on any atom is -0.343 e. The van der Waals surface area contributed by atoms with Gasteiger partial charge in [-0.05, 0) is 35.2 Å². The topological polar surface area (TPSA) is 49.4 Å². The van der Waals surface area contributed by atoms with Gasteiger partial charge >= 0.3 is 0 Å². The van der Waals surface area contributed by atoms with Crippen LogP contribution in [-0.4, -0.2) is 28.8 Å². The summed E-state index contributed by atoms with van der Waals surface area (Å²) >= 11 is 1.61. The van der Waals surface area contributed by atoms with E-state index in [1.54, 1.807) is 16.2 Å². The van der Waals surface area contributed by atoms with E-state index in [0.717, 1.165) is 18.4 Å². The highest BCUT2D eigenvalue weighted by molar-refractivity contribution is 7.07. The van der Waals surface area contributed by atoms with Crippen molar-refractivity contribution < 1.29 is 9.59 Å². The summed E-state index contributed by atoms with van der Waals surface area (Å²) in [5, 5.41) is 6.86. The van der Waals surface area contributed by atoms with Crippen molar-refractivity contribution in [3.8, 4) is 0 Å². The minimum absolute atomic E-state index is 0.0106. The molecule has 2 amide bonds. The molecule has 0 aliphatic carbocycles. The van der Waals surface area contributed by atoms with Crippen molar-refractivity contribution >= 4 is 23.2 Å². The monoisotopic (exact) mass is 280 g/mol. The van der Waals surface area contributed by atoms with Crippen LogP contribution in [0.2, 0.25) is 0 Å². The Bertz CT molecular complexity index is 444. The highest BCUT2D eigenvalue weighted by atomic mass is 32.1. The SMILES string of the molecule is CCCC1C(=O)NC(CC)C(=O)N1Cc1ccsc1. The summed E-state index contributed by atoms with van der Waals surface area (Å²) in [5.74, 6) is 0.0373. The number of hydrogen-bond donors (Lipinski definition) is 1. The van der Waals surface area contributed by atoms with Gasteiger partial charge in [0.2, 0.25) is 11.8 Å². The molecule has 0 aromatic carbocycles. The van der Waals surface area contributed by atoms with E-state index in [1.165, 1.54) is 0 Å². The second-order valence-corrected chi connectivity index (χ2v) is 5.65. The summed E-state index contributed by atoms with van der Waals surface area (Å²) in [6.07, 6.45) is 2.25. The smallest absolute Gasteiger partial charge is 0.246 e. The molecule has 2 atom stereocenters. The molecule has 0 bridgehead atoms. The van der Waals surface area contributed by atoms with Gasteiger partial charge in [-0.3, -0.25) is 9.59 Å². The summed E-state index contributed by atoms with van der Waals surface area (Å²) in [6.45, 7) is 4.50. The van der Waals surface area contributed by atoms with Crippen LogP contribution in [0.5, 0.6) is 0 Å². The lowest BCUT2D eigenvalue weighted by Crippen LogP contribution is -2.62. The molecule has 1 aliphatic heterocycles. The van der Waals surface area contributed by atoms with E-state index in [9.17, 15) is 9.59 Å². The second kappa shape index (κ2) is 6.19. The number of nitrogens with one attached hydrogen (secondary N) is 1. The predicted molar refractivity (Wildman–Crippen MR) is 75.8 cm³/mol. The molecule has 1 aromatic heterocycles. The molecule has 0 spiro atoms. The van der Waals surface area contributed by atoms with Gasteiger partial charge < -0.3 is 10.2 Å². The summed E-state index contributed by atoms with van der Waals surface area (Å²) in [4.78, 5) is 26.3. The number of carbonyl (C=O) groups excluding carboxylic acids is 2. The van der Waals surface area contributed by atoms with Crippen molar-refractivity contribution in [1.29, 1.82) is 0 Å². The summed E-state index contributed by atoms with van der Waals surface area (Å²) in [6, 6.07) is 1.33. The highest BCUT2D eigenvalue weighted by Crippen LogP contribution is 2.20. The first-order valence-electron chi connectivity index (χ1n) is 6.79. The fourth-order valence-electron chi connectivity index (χ4n) is 2.43. The average Bonchev–Trinajstić information content (AvgIpc) is 2.90. The van der Waals surface area contributed by atoms with Crippen LogP contribution < -0.4 is 5.32 Å². The molecule has 1 N–H and O–H groups in total. The maximum Gasteiger partial charge on any atom is 0.246 e. The Kier molecular flexibility index (Phi) is 4.58. The third kappa shape index (κ3) is 2.97. The second-order valence-electron chi connectivity index (χ2n) is 4.87. The van der Waals surface area contributed by atoms with Crippen molar-refractivity contribution in [3.63, 3.8) is 0 Å². The first-order chi connectivity index (χ1) is 9.17. The molecule has 19 heavy (non-hydrogen) atoms. The molecule has 0 radical (unpaired) electrons. The fraction of sp³-hybridized carbons (Fsp3) is 0.571. The van der Waals surface area contributed by atoms with Crippen LogP contribution in [0.1, 0.15) is 38.7 Å². The van der Waals surface area contributed by atoms with E-state index in [0.29, 0.717) is 13.0 Å². The third-order valence-electron chi connectivity index (χ3n) is 3.48. The number of hydrogen-bond acceptors (Lipinski definition) is 3. The highest BCUT2D eigenvalue weighted by Gasteiger charge is 2.38. The van der Waals surface area contributed by atoms with Gasteiger partial charge in [0, 0.05) is 6.54 Å². The molecular formula is C14H20N2O2S. The van der Waals surface area contributed by atoms with E-state index in [2.05, 4.69) is 5.32 Å². The quantitative estimate of drug-likeness (QED) is 0.898. The van der Waals surface area contributed by atoms with Crippen LogP contribution in [0, 0.1) is 0 Å². The Morgan fingerprint density at radius 3 is 2.74 bits per heavy atom. The first-order valence-corrected chi connectivity index (χ1v) is 7.73. The lowest BCUT2D eigenvalue weighted by molar-refractivity contribution is -0.150. The number of piperazine rings is 1. The number of nitrogens with zero attached hydrogens (tertiary/aromatic N) is 1. The van der Waals surface area contributed by atoms with Crippen LogP contribution in [-0.2, 0) is 16.1 Å². The van der Waals surface area contributed by atoms with Crippen molar-refractivity contribution in [1.82, 2.24) is 10.2 Å². The molecule has 0 saturated carbocycles. The Morgan fingerprint density at radius 2 is 2.16 bits per heavy atom. The zero-order valence-electron chi connectivity index (χ0n) is 11.4. The van der Waals surface area contributed by atoms with Gasteiger partial charge in [0.25, 0.3) is 0 Å². The molecule has 5 heteroatoms.